The maximum Gasteiger partial charge on any atom is 0.115 e. The molecular formula is C14H13ClOS. The summed E-state index contributed by atoms with van der Waals surface area (Å²) in [4.78, 5) is 0.833. The summed E-state index contributed by atoms with van der Waals surface area (Å²) in [6.07, 6.45) is 1.96. The van der Waals surface area contributed by atoms with Crippen molar-refractivity contribution in [3.05, 3.63) is 56.7 Å². The molecule has 1 fully saturated rings. The van der Waals surface area contributed by atoms with Crippen LogP contribution in [-0.4, -0.2) is 5.11 Å². The van der Waals surface area contributed by atoms with E-state index in [0.29, 0.717) is 10.9 Å². The molecule has 3 heteroatoms. The number of hydrogen-bond donors (Lipinski definition) is 1. The third-order valence-electron chi connectivity index (χ3n) is 3.17. The summed E-state index contributed by atoms with van der Waals surface area (Å²) < 4.78 is 0. The second-order valence-electron chi connectivity index (χ2n) is 4.48. The van der Waals surface area contributed by atoms with Gasteiger partial charge in [-0.25, -0.2) is 0 Å². The summed E-state index contributed by atoms with van der Waals surface area (Å²) >= 11 is 7.55. The molecule has 0 spiro atoms. The zero-order chi connectivity index (χ0) is 11.8. The number of rotatable bonds is 3. The van der Waals surface area contributed by atoms with Crippen LogP contribution in [0.25, 0.3) is 0 Å². The van der Waals surface area contributed by atoms with Gasteiger partial charge < -0.3 is 5.11 Å². The van der Waals surface area contributed by atoms with Crippen LogP contribution in [0.5, 0.6) is 0 Å². The largest absolute Gasteiger partial charge is 0.383 e. The molecule has 0 amide bonds. The van der Waals surface area contributed by atoms with E-state index >= 15 is 0 Å². The minimum absolute atomic E-state index is 0.596. The average molecular weight is 265 g/mol. The van der Waals surface area contributed by atoms with Crippen LogP contribution in [0.4, 0.5) is 0 Å². The van der Waals surface area contributed by atoms with Gasteiger partial charge in [0.25, 0.3) is 0 Å². The molecule has 0 saturated heterocycles. The van der Waals surface area contributed by atoms with E-state index in [-0.39, 0.29) is 0 Å². The third kappa shape index (κ3) is 2.25. The fraction of sp³-hybridized carbons (Fsp3) is 0.286. The van der Waals surface area contributed by atoms with Crippen molar-refractivity contribution in [2.75, 3.05) is 0 Å². The van der Waals surface area contributed by atoms with Crippen LogP contribution < -0.4 is 0 Å². The zero-order valence-electron chi connectivity index (χ0n) is 9.27. The predicted octanol–water partition coefficient (Wildman–Crippen LogP) is 4.36. The van der Waals surface area contributed by atoms with E-state index in [9.17, 15) is 5.11 Å². The van der Waals surface area contributed by atoms with Crippen molar-refractivity contribution < 1.29 is 5.11 Å². The molecule has 1 aliphatic rings. The highest BCUT2D eigenvalue weighted by molar-refractivity contribution is 7.10. The molecule has 1 unspecified atom stereocenters. The number of benzene rings is 1. The quantitative estimate of drug-likeness (QED) is 0.873. The molecule has 2 aromatic rings. The van der Waals surface area contributed by atoms with Crippen molar-refractivity contribution in [1.82, 2.24) is 0 Å². The van der Waals surface area contributed by atoms with Crippen molar-refractivity contribution in [2.45, 2.75) is 24.9 Å². The molecule has 1 heterocycles. The predicted molar refractivity (Wildman–Crippen MR) is 71.8 cm³/mol. The minimum Gasteiger partial charge on any atom is -0.383 e. The van der Waals surface area contributed by atoms with Gasteiger partial charge in [-0.1, -0.05) is 35.9 Å². The third-order valence-corrected chi connectivity index (χ3v) is 4.58. The Bertz CT molecular complexity index is 531. The van der Waals surface area contributed by atoms with Crippen LogP contribution in [0.1, 0.15) is 40.9 Å². The van der Waals surface area contributed by atoms with Gasteiger partial charge >= 0.3 is 0 Å². The summed E-state index contributed by atoms with van der Waals surface area (Å²) in [7, 11) is 0. The Labute approximate surface area is 110 Å². The van der Waals surface area contributed by atoms with Crippen LogP contribution in [0.3, 0.4) is 0 Å². The van der Waals surface area contributed by atoms with Gasteiger partial charge in [-0.2, -0.15) is 0 Å². The molecular weight excluding hydrogens is 252 g/mol. The van der Waals surface area contributed by atoms with Crippen molar-refractivity contribution in [1.29, 1.82) is 0 Å². The Balaban J connectivity index is 1.93. The second kappa shape index (κ2) is 4.45. The van der Waals surface area contributed by atoms with Crippen molar-refractivity contribution in [3.63, 3.8) is 0 Å². The SMILES string of the molecule is OC(c1cccc(C2CC2)c1)c1sccc1Cl. The molecule has 1 aromatic heterocycles. The van der Waals surface area contributed by atoms with Crippen molar-refractivity contribution in [2.24, 2.45) is 0 Å². The van der Waals surface area contributed by atoms with Crippen LogP contribution in [0, 0.1) is 0 Å². The lowest BCUT2D eigenvalue weighted by molar-refractivity contribution is 0.224. The Morgan fingerprint density at radius 2 is 2.12 bits per heavy atom. The summed E-state index contributed by atoms with van der Waals surface area (Å²) in [6.45, 7) is 0. The van der Waals surface area contributed by atoms with E-state index in [1.54, 1.807) is 0 Å². The second-order valence-corrected chi connectivity index (χ2v) is 5.83. The first-order valence-corrected chi connectivity index (χ1v) is 7.02. The monoisotopic (exact) mass is 264 g/mol. The summed E-state index contributed by atoms with van der Waals surface area (Å²) in [6, 6.07) is 10.1. The van der Waals surface area contributed by atoms with Gasteiger partial charge in [-0.3, -0.25) is 0 Å². The number of aliphatic hydroxyl groups is 1. The van der Waals surface area contributed by atoms with E-state index < -0.39 is 6.10 Å². The van der Waals surface area contributed by atoms with Crippen LogP contribution in [-0.2, 0) is 0 Å². The van der Waals surface area contributed by atoms with E-state index in [0.717, 1.165) is 10.4 Å². The minimum atomic E-state index is -0.596. The van der Waals surface area contributed by atoms with Gasteiger partial charge in [0, 0.05) is 0 Å². The molecule has 0 radical (unpaired) electrons. The first kappa shape index (κ1) is 11.3. The molecule has 88 valence electrons. The van der Waals surface area contributed by atoms with Gasteiger partial charge in [0.1, 0.15) is 6.10 Å². The zero-order valence-corrected chi connectivity index (χ0v) is 10.8. The highest BCUT2D eigenvalue weighted by atomic mass is 35.5. The molecule has 1 atom stereocenters. The van der Waals surface area contributed by atoms with Crippen molar-refractivity contribution >= 4 is 22.9 Å². The highest BCUT2D eigenvalue weighted by Crippen LogP contribution is 2.41. The first-order valence-electron chi connectivity index (χ1n) is 5.76. The standard InChI is InChI=1S/C14H13ClOS/c15-12-6-7-17-14(12)13(16)11-3-1-2-10(8-11)9-4-5-9/h1-3,6-9,13,16H,4-5H2. The lowest BCUT2D eigenvalue weighted by atomic mass is 10.0. The maximum atomic E-state index is 10.3. The number of thiophene rings is 1. The normalized spacial score (nSPS) is 17.1. The highest BCUT2D eigenvalue weighted by Gasteiger charge is 2.24. The molecule has 1 saturated carbocycles. The molecule has 3 rings (SSSR count). The molecule has 1 aromatic carbocycles. The smallest absolute Gasteiger partial charge is 0.115 e. The Morgan fingerprint density at radius 1 is 1.29 bits per heavy atom. The summed E-state index contributed by atoms with van der Waals surface area (Å²) in [5.74, 6) is 0.709. The van der Waals surface area contributed by atoms with Crippen LogP contribution in [0.15, 0.2) is 35.7 Å². The molecule has 0 bridgehead atoms. The lowest BCUT2D eigenvalue weighted by Gasteiger charge is -2.11. The number of hydrogen-bond acceptors (Lipinski definition) is 2. The maximum absolute atomic E-state index is 10.3. The van der Waals surface area contributed by atoms with Gasteiger partial charge in [0.15, 0.2) is 0 Å². The molecule has 0 aliphatic heterocycles. The molecule has 1 N–H and O–H groups in total. The van der Waals surface area contributed by atoms with E-state index in [1.165, 1.54) is 29.7 Å². The Hall–Kier alpha value is -0.830. The number of halogens is 1. The van der Waals surface area contributed by atoms with E-state index in [4.69, 9.17) is 11.6 Å². The fourth-order valence-electron chi connectivity index (χ4n) is 2.05. The van der Waals surface area contributed by atoms with E-state index in [2.05, 4.69) is 12.1 Å². The Morgan fingerprint density at radius 3 is 2.76 bits per heavy atom. The molecule has 1 aliphatic carbocycles. The molecule has 17 heavy (non-hydrogen) atoms. The fourth-order valence-corrected chi connectivity index (χ4v) is 3.22. The number of aliphatic hydroxyl groups excluding tert-OH is 1. The van der Waals surface area contributed by atoms with Crippen LogP contribution >= 0.6 is 22.9 Å². The Kier molecular flexibility index (Phi) is 2.95. The van der Waals surface area contributed by atoms with E-state index in [1.807, 2.05) is 23.6 Å². The average Bonchev–Trinajstić information content (AvgIpc) is 3.12. The summed E-state index contributed by atoms with van der Waals surface area (Å²) in [5.41, 5.74) is 2.29. The van der Waals surface area contributed by atoms with Gasteiger partial charge in [-0.15, -0.1) is 11.3 Å². The summed E-state index contributed by atoms with van der Waals surface area (Å²) in [5, 5.41) is 12.9. The van der Waals surface area contributed by atoms with Gasteiger partial charge in [0.05, 0.1) is 9.90 Å². The first-order chi connectivity index (χ1) is 8.25. The van der Waals surface area contributed by atoms with Gasteiger partial charge in [0.2, 0.25) is 0 Å². The topological polar surface area (TPSA) is 20.2 Å². The van der Waals surface area contributed by atoms with Gasteiger partial charge in [-0.05, 0) is 41.3 Å². The van der Waals surface area contributed by atoms with Crippen LogP contribution in [0.2, 0.25) is 5.02 Å². The molecule has 1 nitrogen and oxygen atoms in total. The van der Waals surface area contributed by atoms with Crippen molar-refractivity contribution in [3.8, 4) is 0 Å². The lowest BCUT2D eigenvalue weighted by Crippen LogP contribution is -1.98.